The Morgan fingerprint density at radius 1 is 1.25 bits per heavy atom. The minimum Gasteiger partial charge on any atom is -0.375 e. The minimum atomic E-state index is -0.219. The van der Waals surface area contributed by atoms with Gasteiger partial charge in [-0.05, 0) is 31.2 Å². The van der Waals surface area contributed by atoms with Crippen LogP contribution in [0.1, 0.15) is 25.3 Å². The number of nitrogens with zero attached hydrogens (tertiary/aromatic N) is 3. The van der Waals surface area contributed by atoms with Crippen molar-refractivity contribution in [1.82, 2.24) is 10.2 Å². The molecule has 4 rings (SSSR count). The van der Waals surface area contributed by atoms with Crippen molar-refractivity contribution in [1.29, 1.82) is 5.26 Å². The molecule has 6 heteroatoms. The number of ether oxygens (including phenoxy) is 1. The Morgan fingerprint density at radius 3 is 2.62 bits per heavy atom. The molecule has 0 aliphatic carbocycles. The van der Waals surface area contributed by atoms with Crippen LogP contribution in [-0.4, -0.2) is 54.9 Å². The first-order valence-corrected chi connectivity index (χ1v) is 8.58. The molecule has 0 saturated carbocycles. The number of amides is 1. The molecule has 0 unspecified atom stereocenters. The van der Waals surface area contributed by atoms with Crippen LogP contribution in [0.25, 0.3) is 0 Å². The first-order chi connectivity index (χ1) is 11.6. The second kappa shape index (κ2) is 5.76. The highest BCUT2D eigenvalue weighted by Crippen LogP contribution is 2.37. The Kier molecular flexibility index (Phi) is 3.70. The number of carbonyl (C=O) groups is 1. The summed E-state index contributed by atoms with van der Waals surface area (Å²) in [5.41, 5.74) is 1.60. The average Bonchev–Trinajstić information content (AvgIpc) is 2.89. The molecular formula is C18H22N4O2. The summed E-state index contributed by atoms with van der Waals surface area (Å²) < 4.78 is 5.67. The number of benzene rings is 1. The largest absolute Gasteiger partial charge is 0.375 e. The third-order valence-electron chi connectivity index (χ3n) is 5.62. The summed E-state index contributed by atoms with van der Waals surface area (Å²) in [6, 6.07) is 9.72. The Morgan fingerprint density at radius 2 is 1.96 bits per heavy atom. The van der Waals surface area contributed by atoms with E-state index in [1.165, 1.54) is 0 Å². The summed E-state index contributed by atoms with van der Waals surface area (Å²) in [4.78, 5) is 17.1. The van der Waals surface area contributed by atoms with Crippen LogP contribution in [-0.2, 0) is 9.53 Å². The fraction of sp³-hybridized carbons (Fsp3) is 0.556. The molecule has 1 spiro atoms. The topological polar surface area (TPSA) is 68.6 Å². The number of hydrogen-bond donors (Lipinski definition) is 1. The molecule has 3 aliphatic rings. The van der Waals surface area contributed by atoms with Crippen molar-refractivity contribution in [3.05, 3.63) is 29.8 Å². The zero-order valence-corrected chi connectivity index (χ0v) is 13.9. The molecule has 3 aliphatic heterocycles. The van der Waals surface area contributed by atoms with Crippen LogP contribution in [0.3, 0.4) is 0 Å². The fourth-order valence-corrected chi connectivity index (χ4v) is 4.32. The van der Waals surface area contributed by atoms with Gasteiger partial charge in [-0.25, -0.2) is 0 Å². The molecule has 3 heterocycles. The van der Waals surface area contributed by atoms with Crippen LogP contribution in [0.4, 0.5) is 5.69 Å². The van der Waals surface area contributed by atoms with Gasteiger partial charge in [0.1, 0.15) is 6.04 Å². The van der Waals surface area contributed by atoms with E-state index >= 15 is 0 Å². The van der Waals surface area contributed by atoms with Gasteiger partial charge in [-0.2, -0.15) is 5.26 Å². The first-order valence-electron chi connectivity index (χ1n) is 8.58. The highest BCUT2D eigenvalue weighted by Gasteiger charge is 2.54. The Labute approximate surface area is 142 Å². The molecular weight excluding hydrogens is 304 g/mol. The van der Waals surface area contributed by atoms with Crippen LogP contribution < -0.4 is 10.2 Å². The average molecular weight is 326 g/mol. The van der Waals surface area contributed by atoms with Gasteiger partial charge in [0.15, 0.2) is 0 Å². The number of morpholine rings is 1. The van der Waals surface area contributed by atoms with Gasteiger partial charge in [0.05, 0.1) is 30.0 Å². The molecule has 126 valence electrons. The number of fused-ring (bicyclic) bond motifs is 2. The lowest BCUT2D eigenvalue weighted by Gasteiger charge is -2.47. The van der Waals surface area contributed by atoms with Gasteiger partial charge in [-0.1, -0.05) is 0 Å². The molecule has 24 heavy (non-hydrogen) atoms. The van der Waals surface area contributed by atoms with Crippen molar-refractivity contribution in [2.45, 2.75) is 37.6 Å². The van der Waals surface area contributed by atoms with Crippen LogP contribution in [0.15, 0.2) is 24.3 Å². The normalized spacial score (nSPS) is 29.2. The van der Waals surface area contributed by atoms with Crippen molar-refractivity contribution in [2.75, 3.05) is 31.1 Å². The molecule has 2 atom stereocenters. The van der Waals surface area contributed by atoms with Gasteiger partial charge in [0.25, 0.3) is 0 Å². The maximum atomic E-state index is 12.4. The summed E-state index contributed by atoms with van der Waals surface area (Å²) >= 11 is 0. The molecule has 1 aromatic rings. The van der Waals surface area contributed by atoms with Crippen LogP contribution in [0, 0.1) is 11.3 Å². The minimum absolute atomic E-state index is 0.0466. The lowest BCUT2D eigenvalue weighted by molar-refractivity contribution is -0.130. The third kappa shape index (κ3) is 2.36. The number of hydrogen-bond acceptors (Lipinski definition) is 5. The quantitative estimate of drug-likeness (QED) is 0.836. The molecule has 3 saturated heterocycles. The van der Waals surface area contributed by atoms with Crippen molar-refractivity contribution >= 4 is 11.6 Å². The molecule has 1 amide bonds. The fourth-order valence-electron chi connectivity index (χ4n) is 4.32. The Balaban J connectivity index is 1.49. The summed E-state index contributed by atoms with van der Waals surface area (Å²) in [6.07, 6.45) is 1.76. The van der Waals surface area contributed by atoms with Crippen LogP contribution in [0.2, 0.25) is 0 Å². The van der Waals surface area contributed by atoms with Gasteiger partial charge in [-0.3, -0.25) is 9.69 Å². The molecule has 6 nitrogen and oxygen atoms in total. The number of rotatable bonds is 1. The molecule has 1 aromatic carbocycles. The molecule has 0 radical (unpaired) electrons. The van der Waals surface area contributed by atoms with E-state index in [-0.39, 0.29) is 23.7 Å². The van der Waals surface area contributed by atoms with Crippen molar-refractivity contribution in [2.24, 2.45) is 0 Å². The van der Waals surface area contributed by atoms with E-state index in [0.717, 1.165) is 38.2 Å². The van der Waals surface area contributed by atoms with Crippen LogP contribution in [0.5, 0.6) is 0 Å². The predicted octanol–water partition coefficient (Wildman–Crippen LogP) is 1.07. The monoisotopic (exact) mass is 326 g/mol. The maximum Gasteiger partial charge on any atom is 0.241 e. The Bertz CT molecular complexity index is 673. The summed E-state index contributed by atoms with van der Waals surface area (Å²) in [5.74, 6) is 0.106. The van der Waals surface area contributed by atoms with Crippen molar-refractivity contribution in [3.8, 4) is 6.07 Å². The van der Waals surface area contributed by atoms with E-state index in [0.29, 0.717) is 12.2 Å². The zero-order chi connectivity index (χ0) is 16.7. The number of anilines is 1. The van der Waals surface area contributed by atoms with E-state index in [4.69, 9.17) is 10.00 Å². The lowest BCUT2D eigenvalue weighted by atomic mass is 9.94. The maximum absolute atomic E-state index is 12.4. The van der Waals surface area contributed by atoms with E-state index in [9.17, 15) is 4.79 Å². The van der Waals surface area contributed by atoms with Crippen molar-refractivity contribution in [3.63, 3.8) is 0 Å². The number of nitriles is 1. The van der Waals surface area contributed by atoms with E-state index in [2.05, 4.69) is 21.2 Å². The van der Waals surface area contributed by atoms with Crippen molar-refractivity contribution < 1.29 is 9.53 Å². The summed E-state index contributed by atoms with van der Waals surface area (Å²) in [7, 11) is 0. The van der Waals surface area contributed by atoms with Gasteiger partial charge in [0, 0.05) is 38.2 Å². The van der Waals surface area contributed by atoms with E-state index in [1.54, 1.807) is 0 Å². The molecule has 1 N–H and O–H groups in total. The summed E-state index contributed by atoms with van der Waals surface area (Å²) in [6.45, 7) is 5.27. The Hall–Kier alpha value is -2.10. The second-order valence-corrected chi connectivity index (χ2v) is 6.88. The molecule has 3 fully saturated rings. The van der Waals surface area contributed by atoms with Gasteiger partial charge >= 0.3 is 0 Å². The molecule has 0 bridgehead atoms. The van der Waals surface area contributed by atoms with Gasteiger partial charge < -0.3 is 15.0 Å². The van der Waals surface area contributed by atoms with Gasteiger partial charge in [-0.15, -0.1) is 0 Å². The van der Waals surface area contributed by atoms with Gasteiger partial charge in [0.2, 0.25) is 5.91 Å². The summed E-state index contributed by atoms with van der Waals surface area (Å²) in [5, 5.41) is 12.2. The highest BCUT2D eigenvalue weighted by molar-refractivity contribution is 5.85. The second-order valence-electron chi connectivity index (χ2n) is 6.88. The third-order valence-corrected chi connectivity index (χ3v) is 5.62. The van der Waals surface area contributed by atoms with E-state index < -0.39 is 0 Å². The lowest BCUT2D eigenvalue weighted by Crippen LogP contribution is -2.62. The first kappa shape index (κ1) is 15.4. The van der Waals surface area contributed by atoms with E-state index in [1.807, 2.05) is 31.2 Å². The predicted molar refractivity (Wildman–Crippen MR) is 89.4 cm³/mol. The standard InChI is InChI=1S/C18H22N4O2/c1-13-16-17(23)20-18(22(16)10-11-24-13)6-8-21(9-7-18)15-4-2-14(12-19)3-5-15/h2-5,13,16H,6-11H2,1H3,(H,20,23)/t13-,16+/m1/s1. The smallest absolute Gasteiger partial charge is 0.241 e. The molecule has 0 aromatic heterocycles. The van der Waals surface area contributed by atoms with Crippen LogP contribution >= 0.6 is 0 Å². The SMILES string of the molecule is C[C@H]1OCCN2[C@@H]1C(=O)NC21CCN(c2ccc(C#N)cc2)CC1. The number of nitrogens with one attached hydrogen (secondary N) is 1. The number of carbonyl (C=O) groups excluding carboxylic acids is 1. The zero-order valence-electron chi connectivity index (χ0n) is 13.9. The number of piperidine rings is 1. The highest BCUT2D eigenvalue weighted by atomic mass is 16.5.